The molecular weight excluding hydrogens is 345 g/mol. The fourth-order valence-electron chi connectivity index (χ4n) is 0.144. The molecule has 0 heterocycles. The van der Waals surface area contributed by atoms with Crippen molar-refractivity contribution in [3.63, 3.8) is 0 Å². The van der Waals surface area contributed by atoms with Crippen LogP contribution in [0.1, 0.15) is 0 Å². The van der Waals surface area contributed by atoms with Crippen molar-refractivity contribution in [1.29, 1.82) is 0 Å². The molecule has 5 nitrogen and oxygen atoms in total. The van der Waals surface area contributed by atoms with Gasteiger partial charge in [0.05, 0.1) is 0 Å². The van der Waals surface area contributed by atoms with E-state index in [1.54, 1.807) is 7.11 Å². The van der Waals surface area contributed by atoms with Gasteiger partial charge in [0.2, 0.25) is 0 Å². The molecule has 0 N–H and O–H groups in total. The van der Waals surface area contributed by atoms with Crippen molar-refractivity contribution in [2.24, 2.45) is 0 Å². The van der Waals surface area contributed by atoms with Gasteiger partial charge in [0, 0.05) is 0 Å². The normalized spacial score (nSPS) is 10.3. The molecule has 0 aromatic heterocycles. The van der Waals surface area contributed by atoms with Gasteiger partial charge in [-0.05, 0) is 0 Å². The van der Waals surface area contributed by atoms with Crippen molar-refractivity contribution in [3.8, 4) is 0 Å². The summed E-state index contributed by atoms with van der Waals surface area (Å²) in [5.41, 5.74) is 0. The molecule has 0 fully saturated rings. The molecular formula is C3H7HgO5Si. The van der Waals surface area contributed by atoms with Crippen molar-refractivity contribution in [3.05, 3.63) is 0 Å². The minimum Gasteiger partial charge on any atom is -0.894 e. The molecule has 0 aliphatic carbocycles. The molecule has 0 aliphatic heterocycles. The van der Waals surface area contributed by atoms with Crippen LogP contribution in [0.2, 0.25) is 3.93 Å². The van der Waals surface area contributed by atoms with Gasteiger partial charge >= 0.3 is 48.5 Å². The van der Waals surface area contributed by atoms with E-state index < -0.39 is 9.05 Å². The van der Waals surface area contributed by atoms with Crippen molar-refractivity contribution in [1.82, 2.24) is 0 Å². The summed E-state index contributed by atoms with van der Waals surface area (Å²) >= 11 is 0.948. The molecule has 0 aliphatic rings. The Kier molecular flexibility index (Phi) is 10.9. The van der Waals surface area contributed by atoms with Gasteiger partial charge in [0.15, 0.2) is 0 Å². The first-order chi connectivity index (χ1) is 4.41. The molecule has 0 spiro atoms. The molecule has 0 aromatic rings. The Morgan fingerprint density at radius 2 is 1.60 bits per heavy atom. The van der Waals surface area contributed by atoms with Crippen LogP contribution >= 0.6 is 0 Å². The van der Waals surface area contributed by atoms with E-state index in [0.29, 0.717) is 0 Å². The minimum atomic E-state index is -5.61. The van der Waals surface area contributed by atoms with Gasteiger partial charge in [-0.25, -0.2) is 0 Å². The molecule has 0 amide bonds. The van der Waals surface area contributed by atoms with Crippen molar-refractivity contribution >= 4 is 9.05 Å². The van der Waals surface area contributed by atoms with Crippen LogP contribution in [0.5, 0.6) is 0 Å². The van der Waals surface area contributed by atoms with Crippen LogP contribution in [0.3, 0.4) is 0 Å². The number of hydrogen-bond donors (Lipinski definition) is 0. The summed E-state index contributed by atoms with van der Waals surface area (Å²) in [5, 5.41) is 0. The average molecular weight is 352 g/mol. The molecule has 0 atom stereocenters. The third-order valence-electron chi connectivity index (χ3n) is 0.348. The second-order valence-electron chi connectivity index (χ2n) is 1.35. The summed E-state index contributed by atoms with van der Waals surface area (Å²) in [5.74, 6) is 0. The fourth-order valence-corrected chi connectivity index (χ4v) is 1.27. The van der Waals surface area contributed by atoms with E-state index in [2.05, 4.69) is 0 Å². The van der Waals surface area contributed by atoms with E-state index in [4.69, 9.17) is 23.9 Å². The Balaban J connectivity index is 0. The number of rotatable bonds is 2. The Hall–Kier alpha value is 0.952. The summed E-state index contributed by atoms with van der Waals surface area (Å²) < 4.78 is 6.06. The maximum Gasteiger partial charge on any atom is -0.426 e. The zero-order chi connectivity index (χ0) is 8.62. The maximum atomic E-state index is 8.58. The van der Waals surface area contributed by atoms with Gasteiger partial charge in [-0.3, -0.25) is 0 Å². The third kappa shape index (κ3) is 65.0. The predicted molar refractivity (Wildman–Crippen MR) is 22.4 cm³/mol. The molecule has 0 saturated heterocycles. The zero-order valence-corrected chi connectivity index (χ0v) is 12.2. The van der Waals surface area contributed by atoms with Crippen LogP contribution in [0.4, 0.5) is 0 Å². The van der Waals surface area contributed by atoms with Gasteiger partial charge in [0.1, 0.15) is 0 Å². The van der Waals surface area contributed by atoms with E-state index >= 15 is 0 Å². The molecule has 0 unspecified atom stereocenters. The third-order valence-corrected chi connectivity index (χ3v) is 1.47. The minimum absolute atomic E-state index is 0.948. The van der Waals surface area contributed by atoms with Gasteiger partial charge in [-0.1, -0.05) is 0 Å². The quantitative estimate of drug-likeness (QED) is 0.466. The monoisotopic (exact) mass is 353 g/mol. The summed E-state index contributed by atoms with van der Waals surface area (Å²) in [6, 6.07) is 0. The van der Waals surface area contributed by atoms with E-state index in [9.17, 15) is 0 Å². The van der Waals surface area contributed by atoms with E-state index in [-0.39, 0.29) is 0 Å². The smallest absolute Gasteiger partial charge is 0.426 e. The standard InChI is InChI=1S/C3H7O.Hg.O4Si/c1-3-4-2;;1-5(2,3)4/h1,3H2,2H3;;/q;+4;-4. The maximum absolute atomic E-state index is 8.58. The molecule has 0 bridgehead atoms. The summed E-state index contributed by atoms with van der Waals surface area (Å²) in [6.07, 6.45) is 0. The fraction of sp³-hybridized carbons (Fsp3) is 1.00. The van der Waals surface area contributed by atoms with Crippen LogP contribution in [0.15, 0.2) is 0 Å². The Bertz CT molecular complexity index is 56.4. The predicted octanol–water partition coefficient (Wildman–Crippen LogP) is -4.54. The molecule has 7 heteroatoms. The van der Waals surface area contributed by atoms with E-state index in [1.807, 2.05) is 0 Å². The average Bonchev–Trinajstić information content (AvgIpc) is 1.63. The van der Waals surface area contributed by atoms with Gasteiger partial charge in [-0.15, -0.1) is 0 Å². The topological polar surface area (TPSA) is 101 Å². The van der Waals surface area contributed by atoms with Crippen LogP contribution in [0, 0.1) is 0 Å². The van der Waals surface area contributed by atoms with Gasteiger partial charge in [0.25, 0.3) is 0 Å². The molecule has 0 rings (SSSR count). The summed E-state index contributed by atoms with van der Waals surface area (Å²) in [4.78, 5) is 34.3. The Morgan fingerprint density at radius 3 is 1.60 bits per heavy atom. The second-order valence-corrected chi connectivity index (χ2v) is 5.10. The Morgan fingerprint density at radius 1 is 1.30 bits per heavy atom. The SMILES string of the molecule is COC[CH2][Hg+4].[O-][Si]([O-])([O-])[O-]. The van der Waals surface area contributed by atoms with E-state index in [1.165, 1.54) is 3.93 Å². The molecule has 0 aromatic carbocycles. The van der Waals surface area contributed by atoms with E-state index in [0.717, 1.165) is 32.7 Å². The van der Waals surface area contributed by atoms with Crippen molar-refractivity contribution in [2.45, 2.75) is 3.93 Å². The number of ether oxygens (including phenoxy) is 1. The Labute approximate surface area is 76.7 Å². The molecule has 0 radical (unpaired) electrons. The van der Waals surface area contributed by atoms with Gasteiger partial charge < -0.3 is 28.2 Å². The molecule has 0 saturated carbocycles. The number of hydrogen-bond acceptors (Lipinski definition) is 5. The second kappa shape index (κ2) is 8.05. The molecule has 10 heavy (non-hydrogen) atoms. The van der Waals surface area contributed by atoms with Gasteiger partial charge in [-0.2, -0.15) is 0 Å². The zero-order valence-electron chi connectivity index (χ0n) is 5.66. The van der Waals surface area contributed by atoms with Crippen LogP contribution in [-0.2, 0) is 30.9 Å². The largest absolute Gasteiger partial charge is 0.894 e. The van der Waals surface area contributed by atoms with Crippen molar-refractivity contribution < 1.29 is 50.0 Å². The van der Waals surface area contributed by atoms with Crippen LogP contribution in [0.25, 0.3) is 0 Å². The van der Waals surface area contributed by atoms with Crippen LogP contribution in [-0.4, -0.2) is 22.8 Å². The first kappa shape index (κ1) is 13.5. The first-order valence-corrected chi connectivity index (χ1v) is 8.03. The summed E-state index contributed by atoms with van der Waals surface area (Å²) in [7, 11) is -3.87. The first-order valence-electron chi connectivity index (χ1n) is 2.51. The summed E-state index contributed by atoms with van der Waals surface area (Å²) in [6.45, 7) is 0.975. The van der Waals surface area contributed by atoms with Crippen molar-refractivity contribution in [2.75, 3.05) is 13.7 Å². The number of methoxy groups -OCH3 is 1. The van der Waals surface area contributed by atoms with Crippen LogP contribution < -0.4 is 19.2 Å². The molecule has 55 valence electrons.